The van der Waals surface area contributed by atoms with Gasteiger partial charge in [-0.1, -0.05) is 18.2 Å². The molecular formula is C16H22F2N2O3. The van der Waals surface area contributed by atoms with Gasteiger partial charge in [-0.3, -0.25) is 9.80 Å². The van der Waals surface area contributed by atoms with Crippen LogP contribution in [0.2, 0.25) is 0 Å². The Morgan fingerprint density at radius 1 is 1.22 bits per heavy atom. The van der Waals surface area contributed by atoms with Crippen molar-refractivity contribution >= 4 is 0 Å². The molecule has 128 valence electrons. The number of nitrogens with zero attached hydrogens (tertiary/aromatic N) is 2. The zero-order chi connectivity index (χ0) is 16.2. The average Bonchev–Trinajstić information content (AvgIpc) is 2.90. The summed E-state index contributed by atoms with van der Waals surface area (Å²) in [7, 11) is 0. The number of β-amino-alcohol motifs (C(OH)–C–C–N with tert-alkyl or cyclic N) is 1. The van der Waals surface area contributed by atoms with E-state index in [4.69, 9.17) is 4.74 Å². The number of ether oxygens (including phenoxy) is 2. The largest absolute Gasteiger partial charge is 0.434 e. The smallest absolute Gasteiger partial charge is 0.387 e. The molecule has 2 heterocycles. The van der Waals surface area contributed by atoms with E-state index in [0.717, 1.165) is 13.1 Å². The zero-order valence-electron chi connectivity index (χ0n) is 12.9. The molecule has 1 aromatic carbocycles. The van der Waals surface area contributed by atoms with Gasteiger partial charge in [0.1, 0.15) is 5.75 Å². The second-order valence-electron chi connectivity index (χ2n) is 5.96. The van der Waals surface area contributed by atoms with Gasteiger partial charge in [0, 0.05) is 44.3 Å². The number of para-hydroxylation sites is 1. The molecule has 1 aromatic rings. The van der Waals surface area contributed by atoms with Crippen LogP contribution in [0.4, 0.5) is 8.78 Å². The number of aliphatic hydroxyl groups is 1. The molecule has 2 fully saturated rings. The number of alkyl halides is 2. The molecule has 2 aliphatic rings. The first-order valence-electron chi connectivity index (χ1n) is 7.88. The van der Waals surface area contributed by atoms with Crippen LogP contribution in [0.5, 0.6) is 5.75 Å². The highest BCUT2D eigenvalue weighted by Crippen LogP contribution is 2.25. The van der Waals surface area contributed by atoms with Gasteiger partial charge in [-0.25, -0.2) is 0 Å². The van der Waals surface area contributed by atoms with E-state index >= 15 is 0 Å². The summed E-state index contributed by atoms with van der Waals surface area (Å²) in [5, 5.41) is 10.3. The lowest BCUT2D eigenvalue weighted by molar-refractivity contribution is -0.0507. The second kappa shape index (κ2) is 7.53. The summed E-state index contributed by atoms with van der Waals surface area (Å²) in [5.41, 5.74) is 0.711. The minimum absolute atomic E-state index is 0.0714. The monoisotopic (exact) mass is 328 g/mol. The van der Waals surface area contributed by atoms with Crippen molar-refractivity contribution in [1.82, 2.24) is 9.80 Å². The highest BCUT2D eigenvalue weighted by atomic mass is 19.3. The number of hydrogen-bond acceptors (Lipinski definition) is 5. The Bertz CT molecular complexity index is 512. The lowest BCUT2D eigenvalue weighted by atomic mass is 10.1. The molecule has 2 saturated heterocycles. The van der Waals surface area contributed by atoms with Gasteiger partial charge < -0.3 is 14.6 Å². The minimum Gasteiger partial charge on any atom is -0.434 e. The summed E-state index contributed by atoms with van der Waals surface area (Å²) < 4.78 is 34.9. The molecule has 0 unspecified atom stereocenters. The SMILES string of the molecule is O[C@H]1CN(Cc2ccccc2OC(F)F)C[C@@H]1N1CCOCC1. The average molecular weight is 328 g/mol. The Morgan fingerprint density at radius 3 is 2.70 bits per heavy atom. The Morgan fingerprint density at radius 2 is 1.96 bits per heavy atom. The molecule has 0 bridgehead atoms. The highest BCUT2D eigenvalue weighted by Gasteiger charge is 2.36. The third-order valence-electron chi connectivity index (χ3n) is 4.43. The van der Waals surface area contributed by atoms with Crippen molar-refractivity contribution in [3.05, 3.63) is 29.8 Å². The van der Waals surface area contributed by atoms with E-state index in [2.05, 4.69) is 14.5 Å². The Balaban J connectivity index is 1.63. The Labute approximate surface area is 134 Å². The number of morpholine rings is 1. The standard InChI is InChI=1S/C16H22F2N2O3/c17-16(18)23-15-4-2-1-3-12(15)9-19-10-13(14(21)11-19)20-5-7-22-8-6-20/h1-4,13-14,16,21H,5-11H2/t13-,14-/m0/s1. The molecular weight excluding hydrogens is 306 g/mol. The predicted molar refractivity (Wildman–Crippen MR) is 80.5 cm³/mol. The fourth-order valence-corrected chi connectivity index (χ4v) is 3.33. The summed E-state index contributed by atoms with van der Waals surface area (Å²) in [5.74, 6) is 0.201. The molecule has 23 heavy (non-hydrogen) atoms. The maximum absolute atomic E-state index is 12.5. The van der Waals surface area contributed by atoms with Gasteiger partial charge in [0.05, 0.1) is 19.3 Å². The molecule has 5 nitrogen and oxygen atoms in total. The lowest BCUT2D eigenvalue weighted by Gasteiger charge is -2.33. The van der Waals surface area contributed by atoms with Crippen LogP contribution in [0, 0.1) is 0 Å². The number of hydrogen-bond donors (Lipinski definition) is 1. The fourth-order valence-electron chi connectivity index (χ4n) is 3.33. The van der Waals surface area contributed by atoms with Gasteiger partial charge in [-0.2, -0.15) is 8.78 Å². The zero-order valence-corrected chi connectivity index (χ0v) is 12.9. The van der Waals surface area contributed by atoms with Crippen molar-refractivity contribution in [2.75, 3.05) is 39.4 Å². The molecule has 3 rings (SSSR count). The number of benzene rings is 1. The van der Waals surface area contributed by atoms with E-state index < -0.39 is 12.7 Å². The van der Waals surface area contributed by atoms with E-state index in [0.29, 0.717) is 38.4 Å². The first kappa shape index (κ1) is 16.6. The normalized spacial score (nSPS) is 26.8. The summed E-state index contributed by atoms with van der Waals surface area (Å²) in [6, 6.07) is 6.89. The van der Waals surface area contributed by atoms with Crippen LogP contribution in [-0.2, 0) is 11.3 Å². The van der Waals surface area contributed by atoms with Crippen molar-refractivity contribution in [2.45, 2.75) is 25.3 Å². The van der Waals surface area contributed by atoms with Gasteiger partial charge in [0.15, 0.2) is 0 Å². The Kier molecular flexibility index (Phi) is 5.42. The highest BCUT2D eigenvalue weighted by molar-refractivity contribution is 5.33. The molecule has 0 amide bonds. The van der Waals surface area contributed by atoms with Crippen LogP contribution in [0.1, 0.15) is 5.56 Å². The van der Waals surface area contributed by atoms with Crippen molar-refractivity contribution in [1.29, 1.82) is 0 Å². The van der Waals surface area contributed by atoms with Gasteiger partial charge >= 0.3 is 6.61 Å². The number of aliphatic hydroxyl groups excluding tert-OH is 1. The van der Waals surface area contributed by atoms with Gasteiger partial charge in [0.25, 0.3) is 0 Å². The number of halogens is 2. The maximum atomic E-state index is 12.5. The summed E-state index contributed by atoms with van der Waals surface area (Å²) in [6.45, 7) is 1.92. The topological polar surface area (TPSA) is 45.2 Å². The van der Waals surface area contributed by atoms with E-state index in [-0.39, 0.29) is 11.8 Å². The first-order chi connectivity index (χ1) is 11.1. The first-order valence-corrected chi connectivity index (χ1v) is 7.88. The third-order valence-corrected chi connectivity index (χ3v) is 4.43. The summed E-state index contributed by atoms with van der Waals surface area (Å²) in [6.07, 6.45) is -0.434. The molecule has 0 radical (unpaired) electrons. The van der Waals surface area contributed by atoms with Crippen LogP contribution in [-0.4, -0.2) is 73.1 Å². The van der Waals surface area contributed by atoms with E-state index in [1.807, 2.05) is 0 Å². The van der Waals surface area contributed by atoms with Gasteiger partial charge in [0.2, 0.25) is 0 Å². The molecule has 0 spiro atoms. The molecule has 7 heteroatoms. The lowest BCUT2D eigenvalue weighted by Crippen LogP contribution is -2.48. The van der Waals surface area contributed by atoms with E-state index in [1.54, 1.807) is 24.3 Å². The Hall–Kier alpha value is -1.28. The van der Waals surface area contributed by atoms with Crippen molar-refractivity contribution < 1.29 is 23.4 Å². The van der Waals surface area contributed by atoms with Gasteiger partial charge in [-0.15, -0.1) is 0 Å². The molecule has 0 saturated carbocycles. The van der Waals surface area contributed by atoms with Crippen LogP contribution in [0.25, 0.3) is 0 Å². The predicted octanol–water partition coefficient (Wildman–Crippen LogP) is 1.17. The molecule has 0 aliphatic carbocycles. The van der Waals surface area contributed by atoms with Crippen LogP contribution in [0.3, 0.4) is 0 Å². The maximum Gasteiger partial charge on any atom is 0.387 e. The molecule has 2 aliphatic heterocycles. The van der Waals surface area contributed by atoms with Crippen molar-refractivity contribution in [3.8, 4) is 5.75 Å². The molecule has 2 atom stereocenters. The van der Waals surface area contributed by atoms with E-state index in [9.17, 15) is 13.9 Å². The number of likely N-dealkylation sites (tertiary alicyclic amines) is 1. The third kappa shape index (κ3) is 4.17. The minimum atomic E-state index is -2.83. The van der Waals surface area contributed by atoms with Crippen LogP contribution < -0.4 is 4.74 Å². The summed E-state index contributed by atoms with van der Waals surface area (Å²) in [4.78, 5) is 4.33. The van der Waals surface area contributed by atoms with Crippen LogP contribution >= 0.6 is 0 Å². The van der Waals surface area contributed by atoms with Crippen molar-refractivity contribution in [3.63, 3.8) is 0 Å². The van der Waals surface area contributed by atoms with Crippen molar-refractivity contribution in [2.24, 2.45) is 0 Å². The van der Waals surface area contributed by atoms with Gasteiger partial charge in [-0.05, 0) is 6.07 Å². The quantitative estimate of drug-likeness (QED) is 0.879. The van der Waals surface area contributed by atoms with E-state index in [1.165, 1.54) is 0 Å². The number of rotatable bonds is 5. The fraction of sp³-hybridized carbons (Fsp3) is 0.625. The second-order valence-corrected chi connectivity index (χ2v) is 5.96. The molecule has 1 N–H and O–H groups in total. The summed E-state index contributed by atoms with van der Waals surface area (Å²) >= 11 is 0. The molecule has 0 aromatic heterocycles. The van der Waals surface area contributed by atoms with Crippen LogP contribution in [0.15, 0.2) is 24.3 Å².